The molecule has 2 rings (SSSR count). The molecular weight excluding hydrogens is 258 g/mol. The SMILES string of the molecule is COc1csc(C(=O)Nc2cc(C(=O)O)[nH]n2)c1. The van der Waals surface area contributed by atoms with E-state index in [4.69, 9.17) is 9.84 Å². The minimum Gasteiger partial charge on any atom is -0.496 e. The summed E-state index contributed by atoms with van der Waals surface area (Å²) in [6, 6.07) is 2.83. The maximum Gasteiger partial charge on any atom is 0.353 e. The molecule has 0 fully saturated rings. The van der Waals surface area contributed by atoms with Crippen molar-refractivity contribution < 1.29 is 19.4 Å². The molecule has 2 aromatic heterocycles. The molecule has 0 aliphatic carbocycles. The largest absolute Gasteiger partial charge is 0.496 e. The second-order valence-electron chi connectivity index (χ2n) is 3.28. The van der Waals surface area contributed by atoms with Gasteiger partial charge in [-0.05, 0) is 0 Å². The summed E-state index contributed by atoms with van der Waals surface area (Å²) in [4.78, 5) is 22.8. The van der Waals surface area contributed by atoms with Crippen molar-refractivity contribution in [3.8, 4) is 5.75 Å². The third kappa shape index (κ3) is 2.48. The van der Waals surface area contributed by atoms with Crippen molar-refractivity contribution in [2.45, 2.75) is 0 Å². The molecule has 3 N–H and O–H groups in total. The smallest absolute Gasteiger partial charge is 0.353 e. The van der Waals surface area contributed by atoms with Crippen LogP contribution in [0.4, 0.5) is 5.82 Å². The lowest BCUT2D eigenvalue weighted by Gasteiger charge is -1.97. The zero-order valence-electron chi connectivity index (χ0n) is 9.26. The molecule has 0 radical (unpaired) electrons. The van der Waals surface area contributed by atoms with Crippen LogP contribution in [-0.4, -0.2) is 34.3 Å². The first-order valence-corrected chi connectivity index (χ1v) is 5.70. The Balaban J connectivity index is 2.08. The first-order valence-electron chi connectivity index (χ1n) is 4.82. The van der Waals surface area contributed by atoms with E-state index in [9.17, 15) is 9.59 Å². The summed E-state index contributed by atoms with van der Waals surface area (Å²) in [6.45, 7) is 0. The van der Waals surface area contributed by atoms with Crippen LogP contribution in [0.3, 0.4) is 0 Å². The van der Waals surface area contributed by atoms with E-state index in [1.54, 1.807) is 11.4 Å². The number of aromatic amines is 1. The molecular formula is C10H9N3O4S. The number of carbonyl (C=O) groups excluding carboxylic acids is 1. The minimum atomic E-state index is -1.14. The number of H-pyrrole nitrogens is 1. The highest BCUT2D eigenvalue weighted by Gasteiger charge is 2.13. The van der Waals surface area contributed by atoms with Crippen LogP contribution in [0, 0.1) is 0 Å². The van der Waals surface area contributed by atoms with Gasteiger partial charge in [-0.2, -0.15) is 5.10 Å². The predicted molar refractivity (Wildman–Crippen MR) is 64.4 cm³/mol. The lowest BCUT2D eigenvalue weighted by atomic mass is 10.4. The summed E-state index contributed by atoms with van der Waals surface area (Å²) in [5, 5.41) is 18.8. The van der Waals surface area contributed by atoms with Crippen molar-refractivity contribution in [3.63, 3.8) is 0 Å². The third-order valence-corrected chi connectivity index (χ3v) is 2.99. The van der Waals surface area contributed by atoms with Crippen molar-refractivity contribution in [1.82, 2.24) is 10.2 Å². The molecule has 8 heteroatoms. The van der Waals surface area contributed by atoms with E-state index in [2.05, 4.69) is 15.5 Å². The summed E-state index contributed by atoms with van der Waals surface area (Å²) < 4.78 is 4.96. The van der Waals surface area contributed by atoms with Crippen LogP contribution < -0.4 is 10.1 Å². The molecule has 0 spiro atoms. The quantitative estimate of drug-likeness (QED) is 0.777. The molecule has 2 heterocycles. The summed E-state index contributed by atoms with van der Waals surface area (Å²) in [5.41, 5.74) is -0.0888. The van der Waals surface area contributed by atoms with Gasteiger partial charge >= 0.3 is 5.97 Å². The number of nitrogens with zero attached hydrogens (tertiary/aromatic N) is 1. The zero-order chi connectivity index (χ0) is 13.1. The van der Waals surface area contributed by atoms with E-state index in [-0.39, 0.29) is 17.4 Å². The summed E-state index contributed by atoms with van der Waals surface area (Å²) in [5.74, 6) is -0.754. The Bertz CT molecular complexity index is 589. The van der Waals surface area contributed by atoms with Gasteiger partial charge in [0.15, 0.2) is 5.82 Å². The number of thiophene rings is 1. The number of aromatic nitrogens is 2. The van der Waals surface area contributed by atoms with E-state index >= 15 is 0 Å². The molecule has 0 aromatic carbocycles. The number of carboxylic acids is 1. The zero-order valence-corrected chi connectivity index (χ0v) is 10.1. The highest BCUT2D eigenvalue weighted by molar-refractivity contribution is 7.12. The summed E-state index contributed by atoms with van der Waals surface area (Å²) in [6.07, 6.45) is 0. The number of carbonyl (C=O) groups is 2. The molecule has 0 aliphatic rings. The Kier molecular flexibility index (Phi) is 3.28. The van der Waals surface area contributed by atoms with E-state index < -0.39 is 5.97 Å². The lowest BCUT2D eigenvalue weighted by molar-refractivity contribution is 0.0690. The average molecular weight is 267 g/mol. The number of carboxylic acid groups (broad SMARTS) is 1. The van der Waals surface area contributed by atoms with E-state index in [1.807, 2.05) is 0 Å². The van der Waals surface area contributed by atoms with Crippen molar-refractivity contribution in [1.29, 1.82) is 0 Å². The summed E-state index contributed by atoms with van der Waals surface area (Å²) in [7, 11) is 1.51. The highest BCUT2D eigenvalue weighted by atomic mass is 32.1. The summed E-state index contributed by atoms with van der Waals surface area (Å²) >= 11 is 1.22. The molecule has 0 bridgehead atoms. The van der Waals surface area contributed by atoms with Crippen LogP contribution in [0.2, 0.25) is 0 Å². The van der Waals surface area contributed by atoms with Crippen LogP contribution in [0.15, 0.2) is 17.5 Å². The Morgan fingerprint density at radius 3 is 2.83 bits per heavy atom. The van der Waals surface area contributed by atoms with Gasteiger partial charge in [0, 0.05) is 17.5 Å². The minimum absolute atomic E-state index is 0.0888. The number of hydrogen-bond donors (Lipinski definition) is 3. The van der Waals surface area contributed by atoms with Gasteiger partial charge in [0.25, 0.3) is 5.91 Å². The van der Waals surface area contributed by atoms with Gasteiger partial charge in [-0.25, -0.2) is 4.79 Å². The molecule has 7 nitrogen and oxygen atoms in total. The van der Waals surface area contributed by atoms with Gasteiger partial charge in [0.1, 0.15) is 11.4 Å². The fraction of sp³-hybridized carbons (Fsp3) is 0.100. The molecule has 0 atom stereocenters. The Hall–Kier alpha value is -2.35. The number of methoxy groups -OCH3 is 1. The molecule has 0 saturated carbocycles. The molecule has 18 heavy (non-hydrogen) atoms. The molecule has 0 aliphatic heterocycles. The lowest BCUT2D eigenvalue weighted by Crippen LogP contribution is -2.10. The maximum atomic E-state index is 11.8. The van der Waals surface area contributed by atoms with Crippen LogP contribution in [0.25, 0.3) is 0 Å². The van der Waals surface area contributed by atoms with Crippen molar-refractivity contribution in [2.24, 2.45) is 0 Å². The van der Waals surface area contributed by atoms with Crippen molar-refractivity contribution >= 4 is 29.0 Å². The van der Waals surface area contributed by atoms with Crippen LogP contribution >= 0.6 is 11.3 Å². The number of amides is 1. The predicted octanol–water partition coefficient (Wildman–Crippen LogP) is 1.43. The van der Waals surface area contributed by atoms with Gasteiger partial charge in [-0.3, -0.25) is 9.89 Å². The van der Waals surface area contributed by atoms with E-state index in [1.165, 1.54) is 24.5 Å². The van der Waals surface area contributed by atoms with Gasteiger partial charge in [0.2, 0.25) is 0 Å². The third-order valence-electron chi connectivity index (χ3n) is 2.08. The van der Waals surface area contributed by atoms with E-state index in [0.717, 1.165) is 0 Å². The Labute approximate surface area is 105 Å². The number of rotatable bonds is 4. The topological polar surface area (TPSA) is 104 Å². The Morgan fingerprint density at radius 1 is 1.50 bits per heavy atom. The fourth-order valence-corrected chi connectivity index (χ4v) is 1.97. The molecule has 0 unspecified atom stereocenters. The van der Waals surface area contributed by atoms with Crippen LogP contribution in [0.5, 0.6) is 5.75 Å². The van der Waals surface area contributed by atoms with Crippen LogP contribution in [0.1, 0.15) is 20.2 Å². The number of anilines is 1. The number of hydrogen-bond acceptors (Lipinski definition) is 5. The average Bonchev–Trinajstić information content (AvgIpc) is 2.96. The van der Waals surface area contributed by atoms with Crippen molar-refractivity contribution in [2.75, 3.05) is 12.4 Å². The van der Waals surface area contributed by atoms with Gasteiger partial charge < -0.3 is 15.2 Å². The number of nitrogens with one attached hydrogen (secondary N) is 2. The van der Waals surface area contributed by atoms with Crippen molar-refractivity contribution in [3.05, 3.63) is 28.1 Å². The first-order chi connectivity index (χ1) is 8.60. The second-order valence-corrected chi connectivity index (χ2v) is 4.19. The van der Waals surface area contributed by atoms with Gasteiger partial charge in [-0.1, -0.05) is 0 Å². The molecule has 94 valence electrons. The first kappa shape index (κ1) is 12.1. The van der Waals surface area contributed by atoms with E-state index in [0.29, 0.717) is 10.6 Å². The van der Waals surface area contributed by atoms with Crippen LogP contribution in [-0.2, 0) is 0 Å². The normalized spacial score (nSPS) is 10.1. The highest BCUT2D eigenvalue weighted by Crippen LogP contribution is 2.21. The van der Waals surface area contributed by atoms with Gasteiger partial charge in [0.05, 0.1) is 12.0 Å². The van der Waals surface area contributed by atoms with Gasteiger partial charge in [-0.15, -0.1) is 11.3 Å². The number of ether oxygens (including phenoxy) is 1. The second kappa shape index (κ2) is 4.88. The standard InChI is InChI=1S/C10H9N3O4S/c1-17-5-2-7(18-4-5)9(14)11-8-3-6(10(15)16)12-13-8/h2-4H,1H3,(H,15,16)(H2,11,12,13,14). The Morgan fingerprint density at radius 2 is 2.28 bits per heavy atom. The molecule has 2 aromatic rings. The maximum absolute atomic E-state index is 11.8. The number of aromatic carboxylic acids is 1. The monoisotopic (exact) mass is 267 g/mol. The molecule has 1 amide bonds. The molecule has 0 saturated heterocycles. The fourth-order valence-electron chi connectivity index (χ4n) is 1.22.